The number of aryl methyl sites for hydroxylation is 2. The number of benzene rings is 2. The first-order valence-corrected chi connectivity index (χ1v) is 8.27. The summed E-state index contributed by atoms with van der Waals surface area (Å²) in [6.07, 6.45) is 0.792. The Morgan fingerprint density at radius 2 is 1.85 bits per heavy atom. The smallest absolute Gasteiger partial charge is 0.342 e. The Morgan fingerprint density at radius 3 is 2.50 bits per heavy atom. The van der Waals surface area contributed by atoms with Crippen LogP contribution in [0.4, 0.5) is 5.69 Å². The van der Waals surface area contributed by atoms with Gasteiger partial charge in [0.25, 0.3) is 5.91 Å². The van der Waals surface area contributed by atoms with Gasteiger partial charge in [0.15, 0.2) is 6.61 Å². The van der Waals surface area contributed by atoms with E-state index in [2.05, 4.69) is 5.32 Å². The summed E-state index contributed by atoms with van der Waals surface area (Å²) in [5.74, 6) is -0.153. The molecule has 2 aromatic rings. The summed E-state index contributed by atoms with van der Waals surface area (Å²) in [5.41, 5.74) is 2.98. The first kappa shape index (κ1) is 19.3. The quantitative estimate of drug-likeness (QED) is 0.769. The van der Waals surface area contributed by atoms with Crippen LogP contribution in [0.15, 0.2) is 36.4 Å². The molecule has 0 bridgehead atoms. The van der Waals surface area contributed by atoms with Crippen LogP contribution >= 0.6 is 0 Å². The minimum atomic E-state index is -0.639. The van der Waals surface area contributed by atoms with Gasteiger partial charge in [0.1, 0.15) is 17.1 Å². The maximum absolute atomic E-state index is 12.2. The number of hydrogen-bond donors (Lipinski definition) is 1. The lowest BCUT2D eigenvalue weighted by molar-refractivity contribution is -0.119. The molecule has 0 spiro atoms. The number of carbonyl (C=O) groups is 2. The Balaban J connectivity index is 2.03. The fraction of sp³-hybridized carbons (Fsp3) is 0.300. The van der Waals surface area contributed by atoms with Gasteiger partial charge in [0.05, 0.1) is 14.2 Å². The molecule has 2 aromatic carbocycles. The summed E-state index contributed by atoms with van der Waals surface area (Å²) in [5, 5.41) is 2.82. The summed E-state index contributed by atoms with van der Waals surface area (Å²) in [4.78, 5) is 24.4. The summed E-state index contributed by atoms with van der Waals surface area (Å²) < 4.78 is 15.4. The number of hydrogen-bond acceptors (Lipinski definition) is 5. The second-order valence-corrected chi connectivity index (χ2v) is 5.65. The monoisotopic (exact) mass is 357 g/mol. The molecule has 26 heavy (non-hydrogen) atoms. The molecule has 1 amide bonds. The molecule has 0 unspecified atom stereocenters. The molecule has 0 atom stereocenters. The minimum Gasteiger partial charge on any atom is -0.497 e. The number of ether oxygens (including phenoxy) is 3. The molecule has 0 aliphatic heterocycles. The van der Waals surface area contributed by atoms with Crippen molar-refractivity contribution in [3.05, 3.63) is 53.1 Å². The van der Waals surface area contributed by atoms with E-state index < -0.39 is 11.9 Å². The van der Waals surface area contributed by atoms with E-state index in [9.17, 15) is 9.59 Å². The molecule has 6 heteroatoms. The Hall–Kier alpha value is -3.02. The Kier molecular flexibility index (Phi) is 6.60. The molecule has 0 saturated carbocycles. The molecule has 0 aliphatic carbocycles. The predicted octanol–water partition coefficient (Wildman–Crippen LogP) is 3.37. The van der Waals surface area contributed by atoms with Gasteiger partial charge in [0, 0.05) is 11.8 Å². The van der Waals surface area contributed by atoms with Gasteiger partial charge in [-0.25, -0.2) is 4.79 Å². The van der Waals surface area contributed by atoms with Gasteiger partial charge in [-0.1, -0.05) is 25.1 Å². The van der Waals surface area contributed by atoms with Gasteiger partial charge in [-0.05, 0) is 36.6 Å². The van der Waals surface area contributed by atoms with Crippen molar-refractivity contribution in [1.29, 1.82) is 0 Å². The number of rotatable bonds is 7. The van der Waals surface area contributed by atoms with E-state index in [-0.39, 0.29) is 12.2 Å². The van der Waals surface area contributed by atoms with E-state index in [1.54, 1.807) is 12.1 Å². The van der Waals surface area contributed by atoms with Crippen molar-refractivity contribution in [3.8, 4) is 11.5 Å². The van der Waals surface area contributed by atoms with Crippen molar-refractivity contribution in [2.75, 3.05) is 26.1 Å². The maximum Gasteiger partial charge on any atom is 0.342 e. The van der Waals surface area contributed by atoms with Crippen LogP contribution in [0.2, 0.25) is 0 Å². The van der Waals surface area contributed by atoms with Gasteiger partial charge in [-0.3, -0.25) is 4.79 Å². The highest BCUT2D eigenvalue weighted by Crippen LogP contribution is 2.25. The molecule has 0 heterocycles. The number of carbonyl (C=O) groups excluding carboxylic acids is 2. The number of para-hydroxylation sites is 1. The van der Waals surface area contributed by atoms with Crippen LogP contribution in [0, 0.1) is 6.92 Å². The molecular weight excluding hydrogens is 334 g/mol. The third-order valence-corrected chi connectivity index (χ3v) is 3.97. The number of amides is 1. The second kappa shape index (κ2) is 8.89. The largest absolute Gasteiger partial charge is 0.497 e. The zero-order valence-electron chi connectivity index (χ0n) is 15.4. The number of anilines is 1. The fourth-order valence-electron chi connectivity index (χ4n) is 2.55. The van der Waals surface area contributed by atoms with Gasteiger partial charge in [-0.2, -0.15) is 0 Å². The highest BCUT2D eigenvalue weighted by molar-refractivity contribution is 5.97. The summed E-state index contributed by atoms with van der Waals surface area (Å²) in [6, 6.07) is 10.6. The van der Waals surface area contributed by atoms with Crippen molar-refractivity contribution in [2.24, 2.45) is 0 Å². The van der Waals surface area contributed by atoms with E-state index in [0.29, 0.717) is 11.5 Å². The molecule has 0 aliphatic rings. The van der Waals surface area contributed by atoms with Crippen molar-refractivity contribution in [2.45, 2.75) is 20.3 Å². The SMILES string of the molecule is CCc1cccc(C)c1NC(=O)COC(=O)c1ccc(OC)cc1OC. The molecule has 0 fully saturated rings. The van der Waals surface area contributed by atoms with E-state index in [4.69, 9.17) is 14.2 Å². The van der Waals surface area contributed by atoms with Crippen LogP contribution in [0.3, 0.4) is 0 Å². The minimum absolute atomic E-state index is 0.228. The zero-order chi connectivity index (χ0) is 19.1. The van der Waals surface area contributed by atoms with Crippen molar-refractivity contribution < 1.29 is 23.8 Å². The standard InChI is InChI=1S/C20H23NO5/c1-5-14-8-6-7-13(2)19(14)21-18(22)12-26-20(23)16-10-9-15(24-3)11-17(16)25-4/h6-11H,5,12H2,1-4H3,(H,21,22). The fourth-order valence-corrected chi connectivity index (χ4v) is 2.55. The highest BCUT2D eigenvalue weighted by Gasteiger charge is 2.17. The van der Waals surface area contributed by atoms with Gasteiger partial charge in [-0.15, -0.1) is 0 Å². The third kappa shape index (κ3) is 4.53. The van der Waals surface area contributed by atoms with Crippen molar-refractivity contribution in [3.63, 3.8) is 0 Å². The van der Waals surface area contributed by atoms with Crippen molar-refractivity contribution >= 4 is 17.6 Å². The van der Waals surface area contributed by atoms with Gasteiger partial charge in [0.2, 0.25) is 0 Å². The lowest BCUT2D eigenvalue weighted by Gasteiger charge is -2.13. The molecule has 0 aromatic heterocycles. The predicted molar refractivity (Wildman–Crippen MR) is 99.0 cm³/mol. The van der Waals surface area contributed by atoms with Crippen LogP contribution in [-0.4, -0.2) is 32.7 Å². The van der Waals surface area contributed by atoms with E-state index in [1.165, 1.54) is 20.3 Å². The molecule has 0 radical (unpaired) electrons. The number of esters is 1. The van der Waals surface area contributed by atoms with Crippen LogP contribution in [-0.2, 0) is 16.0 Å². The van der Waals surface area contributed by atoms with E-state index in [0.717, 1.165) is 23.2 Å². The Bertz CT molecular complexity index is 801. The maximum atomic E-state index is 12.2. The summed E-state index contributed by atoms with van der Waals surface area (Å²) >= 11 is 0. The second-order valence-electron chi connectivity index (χ2n) is 5.65. The normalized spacial score (nSPS) is 10.2. The first-order valence-electron chi connectivity index (χ1n) is 8.27. The third-order valence-electron chi connectivity index (χ3n) is 3.97. The molecule has 6 nitrogen and oxygen atoms in total. The molecule has 138 valence electrons. The van der Waals surface area contributed by atoms with Crippen molar-refractivity contribution in [1.82, 2.24) is 0 Å². The number of nitrogens with one attached hydrogen (secondary N) is 1. The van der Waals surface area contributed by atoms with Crippen LogP contribution in [0.5, 0.6) is 11.5 Å². The average molecular weight is 357 g/mol. The molecule has 0 saturated heterocycles. The number of methoxy groups -OCH3 is 2. The summed E-state index contributed by atoms with van der Waals surface area (Å²) in [7, 11) is 2.97. The van der Waals surface area contributed by atoms with Crippen LogP contribution in [0.25, 0.3) is 0 Å². The van der Waals surface area contributed by atoms with Gasteiger partial charge < -0.3 is 19.5 Å². The molecule has 2 rings (SSSR count). The van der Waals surface area contributed by atoms with E-state index in [1.807, 2.05) is 32.0 Å². The Morgan fingerprint density at radius 1 is 1.08 bits per heavy atom. The summed E-state index contributed by atoms with van der Waals surface area (Å²) in [6.45, 7) is 3.55. The Labute approximate surface area is 153 Å². The lowest BCUT2D eigenvalue weighted by Crippen LogP contribution is -2.22. The van der Waals surface area contributed by atoms with Gasteiger partial charge >= 0.3 is 5.97 Å². The van der Waals surface area contributed by atoms with Crippen LogP contribution < -0.4 is 14.8 Å². The van der Waals surface area contributed by atoms with E-state index >= 15 is 0 Å². The first-order chi connectivity index (χ1) is 12.5. The average Bonchev–Trinajstić information content (AvgIpc) is 2.67. The lowest BCUT2D eigenvalue weighted by atomic mass is 10.1. The highest BCUT2D eigenvalue weighted by atomic mass is 16.5. The molecular formula is C20H23NO5. The topological polar surface area (TPSA) is 73.9 Å². The van der Waals surface area contributed by atoms with Crippen LogP contribution in [0.1, 0.15) is 28.4 Å². The zero-order valence-corrected chi connectivity index (χ0v) is 15.4. The molecule has 1 N–H and O–H groups in total.